The first-order valence-electron chi connectivity index (χ1n) is 6.59. The highest BCUT2D eigenvalue weighted by molar-refractivity contribution is 7.11. The molecule has 114 valence electrons. The minimum atomic E-state index is 0. The zero-order valence-corrected chi connectivity index (χ0v) is 13.8. The summed E-state index contributed by atoms with van der Waals surface area (Å²) in [6.45, 7) is 2.56. The monoisotopic (exact) mass is 337 g/mol. The molecule has 2 bridgehead atoms. The Morgan fingerprint density at radius 3 is 2.70 bits per heavy atom. The van der Waals surface area contributed by atoms with Crippen LogP contribution < -0.4 is 11.1 Å². The van der Waals surface area contributed by atoms with E-state index in [-0.39, 0.29) is 42.7 Å². The lowest BCUT2D eigenvalue weighted by molar-refractivity contribution is -0.127. The van der Waals surface area contributed by atoms with Gasteiger partial charge in [0.2, 0.25) is 5.91 Å². The lowest BCUT2D eigenvalue weighted by atomic mass is 9.84. The molecule has 3 N–H and O–H groups in total. The third-order valence-electron chi connectivity index (χ3n) is 4.39. The van der Waals surface area contributed by atoms with Crippen molar-refractivity contribution in [3.8, 4) is 0 Å². The fourth-order valence-corrected chi connectivity index (χ4v) is 4.24. The van der Waals surface area contributed by atoms with Crippen LogP contribution in [-0.4, -0.2) is 16.9 Å². The van der Waals surface area contributed by atoms with Gasteiger partial charge in [-0.05, 0) is 38.0 Å². The fourth-order valence-electron chi connectivity index (χ4n) is 3.50. The van der Waals surface area contributed by atoms with Gasteiger partial charge in [-0.2, -0.15) is 0 Å². The SMILES string of the molecule is Cc1ncc(CNC(=O)C2C3CCC(C3)C2N)s1.Cl.Cl. The van der Waals surface area contributed by atoms with Crippen LogP contribution in [0.15, 0.2) is 6.20 Å². The molecule has 2 fully saturated rings. The second-order valence-corrected chi connectivity index (χ2v) is 6.82. The first-order valence-corrected chi connectivity index (χ1v) is 7.41. The van der Waals surface area contributed by atoms with E-state index >= 15 is 0 Å². The third-order valence-corrected chi connectivity index (χ3v) is 5.30. The quantitative estimate of drug-likeness (QED) is 0.888. The zero-order chi connectivity index (χ0) is 12.7. The van der Waals surface area contributed by atoms with E-state index in [1.54, 1.807) is 11.3 Å². The summed E-state index contributed by atoms with van der Waals surface area (Å²) in [5.74, 6) is 1.28. The Morgan fingerprint density at radius 2 is 2.15 bits per heavy atom. The normalized spacial score (nSPS) is 30.5. The molecule has 7 heteroatoms. The van der Waals surface area contributed by atoms with E-state index in [0.29, 0.717) is 18.4 Å². The molecule has 2 aliphatic carbocycles. The fraction of sp³-hybridized carbons (Fsp3) is 0.692. The Labute approximate surface area is 135 Å². The molecule has 3 rings (SSSR count). The number of amides is 1. The van der Waals surface area contributed by atoms with E-state index in [9.17, 15) is 4.79 Å². The summed E-state index contributed by atoms with van der Waals surface area (Å²) in [4.78, 5) is 17.5. The summed E-state index contributed by atoms with van der Waals surface area (Å²) < 4.78 is 0. The average molecular weight is 338 g/mol. The summed E-state index contributed by atoms with van der Waals surface area (Å²) in [5.41, 5.74) is 6.17. The first kappa shape index (κ1) is 17.7. The number of nitrogens with zero attached hydrogens (tertiary/aromatic N) is 1. The predicted molar refractivity (Wildman–Crippen MR) is 85.5 cm³/mol. The predicted octanol–water partition coefficient (Wildman–Crippen LogP) is 2.28. The molecule has 4 nitrogen and oxygen atoms in total. The van der Waals surface area contributed by atoms with Crippen LogP contribution >= 0.6 is 36.2 Å². The maximum absolute atomic E-state index is 12.2. The number of carbonyl (C=O) groups is 1. The summed E-state index contributed by atoms with van der Waals surface area (Å²) in [5, 5.41) is 4.06. The van der Waals surface area contributed by atoms with Crippen molar-refractivity contribution in [2.75, 3.05) is 0 Å². The van der Waals surface area contributed by atoms with Crippen LogP contribution in [0.1, 0.15) is 29.1 Å². The second kappa shape index (κ2) is 7.07. The molecule has 0 radical (unpaired) electrons. The molecule has 20 heavy (non-hydrogen) atoms. The number of rotatable bonds is 3. The van der Waals surface area contributed by atoms with Crippen molar-refractivity contribution >= 4 is 42.1 Å². The van der Waals surface area contributed by atoms with E-state index in [1.165, 1.54) is 12.8 Å². The van der Waals surface area contributed by atoms with E-state index in [4.69, 9.17) is 5.73 Å². The van der Waals surface area contributed by atoms with Crippen LogP contribution in [-0.2, 0) is 11.3 Å². The number of hydrogen-bond donors (Lipinski definition) is 2. The van der Waals surface area contributed by atoms with Gasteiger partial charge in [0, 0.05) is 17.1 Å². The van der Waals surface area contributed by atoms with Gasteiger partial charge in [-0.25, -0.2) is 4.98 Å². The lowest BCUT2D eigenvalue weighted by Gasteiger charge is -2.26. The highest BCUT2D eigenvalue weighted by atomic mass is 35.5. The Morgan fingerprint density at radius 1 is 1.45 bits per heavy atom. The van der Waals surface area contributed by atoms with Gasteiger partial charge < -0.3 is 11.1 Å². The van der Waals surface area contributed by atoms with E-state index in [0.717, 1.165) is 16.3 Å². The van der Waals surface area contributed by atoms with Crippen molar-refractivity contribution in [2.45, 2.75) is 38.8 Å². The summed E-state index contributed by atoms with van der Waals surface area (Å²) in [6, 6.07) is 0.0759. The molecule has 2 aliphatic rings. The number of thiazole rings is 1. The average Bonchev–Trinajstić information content (AvgIpc) is 3.02. The molecule has 2 saturated carbocycles. The van der Waals surface area contributed by atoms with Crippen molar-refractivity contribution in [2.24, 2.45) is 23.5 Å². The summed E-state index contributed by atoms with van der Waals surface area (Å²) in [7, 11) is 0. The van der Waals surface area contributed by atoms with Crippen LogP contribution in [0.4, 0.5) is 0 Å². The van der Waals surface area contributed by atoms with Crippen molar-refractivity contribution < 1.29 is 4.79 Å². The van der Waals surface area contributed by atoms with Crippen LogP contribution in [0.2, 0.25) is 0 Å². The van der Waals surface area contributed by atoms with Gasteiger partial charge >= 0.3 is 0 Å². The molecule has 0 aromatic carbocycles. The van der Waals surface area contributed by atoms with Crippen LogP contribution in [0.25, 0.3) is 0 Å². The first-order chi connectivity index (χ1) is 8.65. The van der Waals surface area contributed by atoms with Crippen molar-refractivity contribution in [3.05, 3.63) is 16.1 Å². The number of aryl methyl sites for hydroxylation is 1. The largest absolute Gasteiger partial charge is 0.351 e. The minimum absolute atomic E-state index is 0. The number of hydrogen-bond acceptors (Lipinski definition) is 4. The Kier molecular flexibility index (Phi) is 6.25. The molecule has 0 spiro atoms. The van der Waals surface area contributed by atoms with E-state index in [1.807, 2.05) is 13.1 Å². The number of carbonyl (C=O) groups excluding carboxylic acids is 1. The number of aromatic nitrogens is 1. The van der Waals surface area contributed by atoms with E-state index < -0.39 is 0 Å². The van der Waals surface area contributed by atoms with Gasteiger partial charge in [0.25, 0.3) is 0 Å². The molecule has 1 heterocycles. The second-order valence-electron chi connectivity index (χ2n) is 5.50. The third kappa shape index (κ3) is 3.27. The molecule has 4 unspecified atom stereocenters. The highest BCUT2D eigenvalue weighted by Crippen LogP contribution is 2.47. The van der Waals surface area contributed by atoms with Gasteiger partial charge in [0.05, 0.1) is 17.5 Å². The number of nitrogens with one attached hydrogen (secondary N) is 1. The zero-order valence-electron chi connectivity index (χ0n) is 11.4. The van der Waals surface area contributed by atoms with Crippen LogP contribution in [0.5, 0.6) is 0 Å². The smallest absolute Gasteiger partial charge is 0.225 e. The Balaban J connectivity index is 0.000001000. The standard InChI is InChI=1S/C13H19N3OS.2ClH/c1-7-15-5-10(18-7)6-16-13(17)11-8-2-3-9(4-8)12(11)14;;/h5,8-9,11-12H,2-4,6,14H2,1H3,(H,16,17);2*1H. The maximum atomic E-state index is 12.2. The van der Waals surface area contributed by atoms with Crippen LogP contribution in [0.3, 0.4) is 0 Å². The Bertz CT molecular complexity index is 466. The molecular formula is C13H21Cl2N3OS. The maximum Gasteiger partial charge on any atom is 0.225 e. The number of nitrogens with two attached hydrogens (primary N) is 1. The van der Waals surface area contributed by atoms with Gasteiger partial charge in [-0.3, -0.25) is 4.79 Å². The van der Waals surface area contributed by atoms with Gasteiger partial charge in [0.15, 0.2) is 0 Å². The highest BCUT2D eigenvalue weighted by Gasteiger charge is 2.48. The number of fused-ring (bicyclic) bond motifs is 2. The lowest BCUT2D eigenvalue weighted by Crippen LogP contribution is -2.45. The molecular weight excluding hydrogens is 317 g/mol. The van der Waals surface area contributed by atoms with Crippen molar-refractivity contribution in [1.82, 2.24) is 10.3 Å². The van der Waals surface area contributed by atoms with Gasteiger partial charge in [-0.1, -0.05) is 0 Å². The molecule has 0 aliphatic heterocycles. The molecule has 4 atom stereocenters. The minimum Gasteiger partial charge on any atom is -0.351 e. The van der Waals surface area contributed by atoms with Gasteiger partial charge in [-0.15, -0.1) is 36.2 Å². The Hall–Kier alpha value is -0.360. The van der Waals surface area contributed by atoms with Gasteiger partial charge in [0.1, 0.15) is 0 Å². The summed E-state index contributed by atoms with van der Waals surface area (Å²) in [6.07, 6.45) is 5.37. The van der Waals surface area contributed by atoms with E-state index in [2.05, 4.69) is 10.3 Å². The summed E-state index contributed by atoms with van der Waals surface area (Å²) >= 11 is 1.63. The topological polar surface area (TPSA) is 68.0 Å². The van der Waals surface area contributed by atoms with Crippen molar-refractivity contribution in [1.29, 1.82) is 0 Å². The molecule has 0 saturated heterocycles. The molecule has 1 aromatic rings. The molecule has 1 amide bonds. The number of halogens is 2. The molecule has 1 aromatic heterocycles. The van der Waals surface area contributed by atoms with Crippen molar-refractivity contribution in [3.63, 3.8) is 0 Å². The van der Waals surface area contributed by atoms with Crippen LogP contribution in [0, 0.1) is 24.7 Å².